The number of piperidine rings is 3. The average Bonchev–Trinajstić information content (AvgIpc) is 3.61. The van der Waals surface area contributed by atoms with E-state index in [9.17, 15) is 19.2 Å². The highest BCUT2D eigenvalue weighted by molar-refractivity contribution is 6.05. The SMILES string of the molecule is Cc1c(-c2cc3cc(NC(=O)C4[C@H]5CN(CC6CCC(OC7CCN(c8ccc9c(c8F)CN(C8CCC(=O)NC8=O)C9=O)CC7)CC6)C[C@@H]45)ncc3cc2F)cnc2c1NCCO2. The van der Waals surface area contributed by atoms with Gasteiger partial charge in [0.2, 0.25) is 23.6 Å². The van der Waals surface area contributed by atoms with Gasteiger partial charge in [0.15, 0.2) is 5.82 Å². The molecule has 16 heteroatoms. The van der Waals surface area contributed by atoms with E-state index in [0.29, 0.717) is 83.5 Å². The number of hydrogen-bond donors (Lipinski definition) is 3. The number of rotatable bonds is 9. The van der Waals surface area contributed by atoms with Crippen molar-refractivity contribution in [3.05, 3.63) is 71.1 Å². The minimum absolute atomic E-state index is 0.000373. The van der Waals surface area contributed by atoms with Gasteiger partial charge in [-0.2, -0.15) is 0 Å². The number of amides is 4. The van der Waals surface area contributed by atoms with Crippen molar-refractivity contribution >= 4 is 51.6 Å². The zero-order valence-electron chi connectivity index (χ0n) is 35.8. The molecule has 7 aliphatic rings. The topological polar surface area (TPSA) is 158 Å². The fraction of sp³-hybridized carbons (Fsp3) is 0.500. The summed E-state index contributed by atoms with van der Waals surface area (Å²) in [6.45, 7) is 7.35. The van der Waals surface area contributed by atoms with Gasteiger partial charge in [-0.1, -0.05) is 0 Å². The molecule has 0 spiro atoms. The molecule has 0 radical (unpaired) electrons. The van der Waals surface area contributed by atoms with Crippen molar-refractivity contribution in [2.24, 2.45) is 23.7 Å². The lowest BCUT2D eigenvalue weighted by molar-refractivity contribution is -0.137. The Morgan fingerprint density at radius 2 is 1.69 bits per heavy atom. The largest absolute Gasteiger partial charge is 0.474 e. The van der Waals surface area contributed by atoms with Crippen molar-refractivity contribution < 1.29 is 37.4 Å². The quantitative estimate of drug-likeness (QED) is 0.175. The van der Waals surface area contributed by atoms with Crippen molar-refractivity contribution in [3.8, 4) is 17.0 Å². The predicted molar refractivity (Wildman–Crippen MR) is 234 cm³/mol. The predicted octanol–water partition coefficient (Wildman–Crippen LogP) is 5.81. The molecule has 4 atom stereocenters. The maximum atomic E-state index is 15.9. The first-order valence-electron chi connectivity index (χ1n) is 22.9. The van der Waals surface area contributed by atoms with Gasteiger partial charge < -0.3 is 34.8 Å². The van der Waals surface area contributed by atoms with Gasteiger partial charge in [0, 0.05) is 91.6 Å². The third-order valence-corrected chi connectivity index (χ3v) is 15.0. The second-order valence-electron chi connectivity index (χ2n) is 18.9. The number of likely N-dealkylation sites (tertiary alicyclic amines) is 1. The lowest BCUT2D eigenvalue weighted by Gasteiger charge is -2.37. The van der Waals surface area contributed by atoms with Crippen molar-refractivity contribution in [3.63, 3.8) is 0 Å². The van der Waals surface area contributed by atoms with Gasteiger partial charge in [-0.05, 0) is 111 Å². The summed E-state index contributed by atoms with van der Waals surface area (Å²) >= 11 is 0. The Labute approximate surface area is 369 Å². The molecule has 2 aromatic carbocycles. The van der Waals surface area contributed by atoms with E-state index in [1.807, 2.05) is 17.9 Å². The fourth-order valence-electron chi connectivity index (χ4n) is 11.5. The maximum Gasteiger partial charge on any atom is 0.255 e. The summed E-state index contributed by atoms with van der Waals surface area (Å²) in [5, 5.41) is 10.1. The minimum Gasteiger partial charge on any atom is -0.474 e. The zero-order chi connectivity index (χ0) is 43.8. The fourth-order valence-corrected chi connectivity index (χ4v) is 11.5. The summed E-state index contributed by atoms with van der Waals surface area (Å²) in [5.74, 6) is 0.260. The zero-order valence-corrected chi connectivity index (χ0v) is 35.8. The van der Waals surface area contributed by atoms with E-state index in [1.165, 1.54) is 11.0 Å². The standard InChI is InChI=1S/C48H52F2N8O6/c1-25-33(20-53-47-44(25)51-12-15-63-47)32-16-27-18-40(52-19-28(27)17-37(32)49)54-46(61)42-34-22-56(23-35(34)42)21-26-2-4-29(5-3-26)64-30-10-13-57(14-11-30)38-7-6-31-36(43(38)50)24-58(48(31)62)39-8-9-41(59)55-45(39)60/h6-7,16-20,26,29-30,34-35,39,42,51H,2-5,8-15,21-24H2,1H3,(H,52,54,61)(H,55,59,60)/t26?,29?,34-,35+,39?,42?. The number of carbonyl (C=O) groups excluding carboxylic acids is 4. The monoisotopic (exact) mass is 874 g/mol. The Balaban J connectivity index is 0.622. The molecule has 11 rings (SSSR count). The number of hydrogen-bond acceptors (Lipinski definition) is 11. The highest BCUT2D eigenvalue weighted by atomic mass is 19.1. The molecule has 5 aliphatic heterocycles. The smallest absolute Gasteiger partial charge is 0.255 e. The molecule has 2 saturated carbocycles. The molecule has 4 aromatic rings. The van der Waals surface area contributed by atoms with Crippen LogP contribution in [0.3, 0.4) is 0 Å². The van der Waals surface area contributed by atoms with Crippen LogP contribution in [-0.4, -0.2) is 108 Å². The van der Waals surface area contributed by atoms with Crippen LogP contribution in [0.1, 0.15) is 72.9 Å². The van der Waals surface area contributed by atoms with Gasteiger partial charge in [0.1, 0.15) is 30.0 Å². The molecular weight excluding hydrogens is 823 g/mol. The van der Waals surface area contributed by atoms with E-state index in [4.69, 9.17) is 9.47 Å². The van der Waals surface area contributed by atoms with Gasteiger partial charge in [0.25, 0.3) is 5.91 Å². The van der Waals surface area contributed by atoms with Crippen LogP contribution in [0.15, 0.2) is 42.7 Å². The van der Waals surface area contributed by atoms with Gasteiger partial charge in [-0.25, -0.2) is 18.7 Å². The number of carbonyl (C=O) groups is 4. The Morgan fingerprint density at radius 1 is 0.906 bits per heavy atom. The highest BCUT2D eigenvalue weighted by Gasteiger charge is 2.59. The first-order chi connectivity index (χ1) is 31.1. The third kappa shape index (κ3) is 7.51. The van der Waals surface area contributed by atoms with Crippen LogP contribution < -0.4 is 25.6 Å². The molecule has 7 heterocycles. The highest BCUT2D eigenvalue weighted by Crippen LogP contribution is 2.52. The lowest BCUT2D eigenvalue weighted by Crippen LogP contribution is -2.52. The average molecular weight is 875 g/mol. The summed E-state index contributed by atoms with van der Waals surface area (Å²) in [5.41, 5.74) is 3.83. The number of anilines is 3. The third-order valence-electron chi connectivity index (χ3n) is 15.0. The molecule has 14 nitrogen and oxygen atoms in total. The maximum absolute atomic E-state index is 15.9. The number of halogens is 2. The summed E-state index contributed by atoms with van der Waals surface area (Å²) in [6, 6.07) is 7.65. The Morgan fingerprint density at radius 3 is 2.47 bits per heavy atom. The van der Waals surface area contributed by atoms with Crippen LogP contribution in [0.5, 0.6) is 5.88 Å². The molecule has 4 amide bonds. The number of pyridine rings is 2. The van der Waals surface area contributed by atoms with Gasteiger partial charge in [-0.15, -0.1) is 0 Å². The van der Waals surface area contributed by atoms with Gasteiger partial charge >= 0.3 is 0 Å². The molecule has 5 fully saturated rings. The van der Waals surface area contributed by atoms with Crippen LogP contribution >= 0.6 is 0 Å². The van der Waals surface area contributed by atoms with E-state index in [0.717, 1.165) is 74.8 Å². The number of ether oxygens (including phenoxy) is 2. The molecular formula is C48H52F2N8O6. The van der Waals surface area contributed by atoms with Crippen LogP contribution in [0, 0.1) is 42.2 Å². The van der Waals surface area contributed by atoms with Crippen LogP contribution in [-0.2, 0) is 25.7 Å². The minimum atomic E-state index is -0.777. The van der Waals surface area contributed by atoms with Crippen LogP contribution in [0.2, 0.25) is 0 Å². The molecule has 3 saturated heterocycles. The van der Waals surface area contributed by atoms with Gasteiger partial charge in [-0.3, -0.25) is 24.5 Å². The second-order valence-corrected chi connectivity index (χ2v) is 18.9. The van der Waals surface area contributed by atoms with Crippen LogP contribution in [0.4, 0.5) is 26.0 Å². The second kappa shape index (κ2) is 16.4. The van der Waals surface area contributed by atoms with Crippen molar-refractivity contribution in [1.82, 2.24) is 25.1 Å². The van der Waals surface area contributed by atoms with E-state index in [-0.39, 0.29) is 66.6 Å². The number of aromatic nitrogens is 2. The molecule has 64 heavy (non-hydrogen) atoms. The van der Waals surface area contributed by atoms with E-state index in [2.05, 4.69) is 30.8 Å². The number of nitrogens with one attached hydrogen (secondary N) is 3. The van der Waals surface area contributed by atoms with E-state index in [1.54, 1.807) is 30.6 Å². The Hall–Kier alpha value is -5.74. The Bertz CT molecular complexity index is 2570. The van der Waals surface area contributed by atoms with Crippen molar-refractivity contribution in [1.29, 1.82) is 0 Å². The summed E-state index contributed by atoms with van der Waals surface area (Å²) in [6.07, 6.45) is 9.85. The molecule has 2 unspecified atom stereocenters. The summed E-state index contributed by atoms with van der Waals surface area (Å²) in [4.78, 5) is 65.5. The van der Waals surface area contributed by atoms with E-state index >= 15 is 8.78 Å². The number of fused-ring (bicyclic) bond motifs is 4. The van der Waals surface area contributed by atoms with E-state index < -0.39 is 17.8 Å². The molecule has 2 aromatic heterocycles. The van der Waals surface area contributed by atoms with Crippen LogP contribution in [0.25, 0.3) is 21.9 Å². The first-order valence-corrected chi connectivity index (χ1v) is 22.9. The van der Waals surface area contributed by atoms with Crippen molar-refractivity contribution in [2.75, 3.05) is 61.4 Å². The molecule has 3 N–H and O–H groups in total. The number of imide groups is 1. The normalized spacial score (nSPS) is 26.8. The summed E-state index contributed by atoms with van der Waals surface area (Å²) in [7, 11) is 0. The van der Waals surface area contributed by atoms with Crippen molar-refractivity contribution in [2.45, 2.75) is 83.1 Å². The lowest BCUT2D eigenvalue weighted by atomic mass is 9.86. The van der Waals surface area contributed by atoms with Gasteiger partial charge in [0.05, 0.1) is 24.4 Å². The molecule has 0 bridgehead atoms. The molecule has 2 aliphatic carbocycles. The Kier molecular flexibility index (Phi) is 10.5. The number of benzene rings is 2. The summed E-state index contributed by atoms with van der Waals surface area (Å²) < 4.78 is 43.6. The number of nitrogens with zero attached hydrogens (tertiary/aromatic N) is 5. The molecule has 334 valence electrons. The first kappa shape index (κ1) is 41.0.